The highest BCUT2D eigenvalue weighted by molar-refractivity contribution is 9.10. The summed E-state index contributed by atoms with van der Waals surface area (Å²) in [5, 5.41) is 1.84. The van der Waals surface area contributed by atoms with Gasteiger partial charge in [-0.1, -0.05) is 0 Å². The van der Waals surface area contributed by atoms with Gasteiger partial charge in [0.15, 0.2) is 0 Å². The molecule has 0 heterocycles. The molecular weight excluding hydrogens is 272 g/mol. The normalized spacial score (nSPS) is 12.3. The van der Waals surface area contributed by atoms with Gasteiger partial charge in [0, 0.05) is 4.47 Å². The van der Waals surface area contributed by atoms with Crippen molar-refractivity contribution in [3.63, 3.8) is 0 Å². The topological polar surface area (TPSA) is 29.1 Å². The van der Waals surface area contributed by atoms with Crippen molar-refractivity contribution in [3.8, 4) is 0 Å². The Balaban J connectivity index is 2.86. The molecule has 5 heteroatoms. The monoisotopic (exact) mass is 279 g/mol. The molecule has 1 amide bonds. The van der Waals surface area contributed by atoms with Crippen molar-refractivity contribution >= 4 is 39.1 Å². The first-order valence-electron chi connectivity index (χ1n) is 3.90. The fraction of sp³-hybridized carbons (Fsp3) is 0.222. The minimum Gasteiger partial charge on any atom is -0.324 e. The molecule has 1 aromatic carbocycles. The number of anilines is 1. The lowest BCUT2D eigenvalue weighted by Crippen LogP contribution is -2.20. The van der Waals surface area contributed by atoms with Gasteiger partial charge in [-0.25, -0.2) is 4.39 Å². The van der Waals surface area contributed by atoms with Gasteiger partial charge in [0.25, 0.3) is 0 Å². The average Bonchev–Trinajstić information content (AvgIpc) is 2.11. The Morgan fingerprint density at radius 1 is 1.64 bits per heavy atom. The first-order valence-corrected chi connectivity index (χ1v) is 5.13. The van der Waals surface area contributed by atoms with Gasteiger partial charge in [-0.3, -0.25) is 4.79 Å². The molecule has 0 aliphatic carbocycles. The van der Waals surface area contributed by atoms with E-state index in [2.05, 4.69) is 21.2 Å². The molecule has 1 unspecified atom stereocenters. The predicted octanol–water partition coefficient (Wildman–Crippen LogP) is 3.15. The van der Waals surface area contributed by atoms with E-state index in [1.165, 1.54) is 18.2 Å². The van der Waals surface area contributed by atoms with Crippen LogP contribution in [-0.4, -0.2) is 11.3 Å². The molecule has 0 bridgehead atoms. The van der Waals surface area contributed by atoms with Gasteiger partial charge in [0.05, 0.1) is 5.69 Å². The second kappa shape index (κ2) is 4.75. The van der Waals surface area contributed by atoms with Crippen LogP contribution < -0.4 is 5.32 Å². The molecule has 0 aliphatic heterocycles. The van der Waals surface area contributed by atoms with Gasteiger partial charge >= 0.3 is 0 Å². The molecule has 76 valence electrons. The van der Waals surface area contributed by atoms with E-state index >= 15 is 0 Å². The van der Waals surface area contributed by atoms with Gasteiger partial charge < -0.3 is 5.32 Å². The van der Waals surface area contributed by atoms with E-state index in [1.807, 2.05) is 0 Å². The molecule has 0 fully saturated rings. The van der Waals surface area contributed by atoms with Crippen LogP contribution in [0.25, 0.3) is 0 Å². The highest BCUT2D eigenvalue weighted by Crippen LogP contribution is 2.23. The lowest BCUT2D eigenvalue weighted by Gasteiger charge is -2.08. The summed E-state index contributed by atoms with van der Waals surface area (Å²) in [6, 6.07) is 4.04. The molecule has 1 rings (SSSR count). The summed E-state index contributed by atoms with van der Waals surface area (Å²) in [6.07, 6.45) is 0. The Hall–Kier alpha value is -0.610. The third-order valence-electron chi connectivity index (χ3n) is 1.55. The van der Waals surface area contributed by atoms with Crippen LogP contribution in [0, 0.1) is 5.82 Å². The lowest BCUT2D eigenvalue weighted by molar-refractivity contribution is -0.115. The summed E-state index contributed by atoms with van der Waals surface area (Å²) in [5.41, 5.74) is 0.377. The van der Waals surface area contributed by atoms with Crippen LogP contribution in [0.3, 0.4) is 0 Å². The zero-order valence-electron chi connectivity index (χ0n) is 7.35. The molecule has 1 N–H and O–H groups in total. The zero-order chi connectivity index (χ0) is 10.7. The zero-order valence-corrected chi connectivity index (χ0v) is 9.69. The summed E-state index contributed by atoms with van der Waals surface area (Å²) >= 11 is 8.73. The fourth-order valence-electron chi connectivity index (χ4n) is 0.825. The molecule has 1 aromatic rings. The standard InChI is InChI=1S/C9H8BrClFNO/c1-5(11)9(14)13-8-4-6(12)2-3-7(8)10/h2-5H,1H3,(H,13,14). The summed E-state index contributed by atoms with van der Waals surface area (Å²) in [5.74, 6) is -0.774. The van der Waals surface area contributed by atoms with Crippen LogP contribution in [0.15, 0.2) is 22.7 Å². The molecule has 0 spiro atoms. The maximum absolute atomic E-state index is 12.8. The van der Waals surface area contributed by atoms with E-state index in [0.717, 1.165) is 0 Å². The van der Waals surface area contributed by atoms with Crippen LogP contribution in [0.5, 0.6) is 0 Å². The first-order chi connectivity index (χ1) is 6.50. The number of nitrogens with one attached hydrogen (secondary N) is 1. The van der Waals surface area contributed by atoms with Crippen LogP contribution in [0.2, 0.25) is 0 Å². The second-order valence-electron chi connectivity index (χ2n) is 2.73. The second-order valence-corrected chi connectivity index (χ2v) is 4.24. The van der Waals surface area contributed by atoms with E-state index in [1.54, 1.807) is 6.92 Å². The number of amides is 1. The molecule has 0 saturated carbocycles. The van der Waals surface area contributed by atoms with Gasteiger partial charge in [-0.15, -0.1) is 11.6 Å². The fourth-order valence-corrected chi connectivity index (χ4v) is 1.23. The summed E-state index contributed by atoms with van der Waals surface area (Å²) in [6.45, 7) is 1.55. The Morgan fingerprint density at radius 2 is 2.29 bits per heavy atom. The number of hydrogen-bond acceptors (Lipinski definition) is 1. The van der Waals surface area contributed by atoms with Crippen molar-refractivity contribution in [2.24, 2.45) is 0 Å². The molecule has 1 atom stereocenters. The smallest absolute Gasteiger partial charge is 0.242 e. The Morgan fingerprint density at radius 3 is 2.86 bits per heavy atom. The summed E-state index contributed by atoms with van der Waals surface area (Å²) in [7, 11) is 0. The van der Waals surface area contributed by atoms with E-state index < -0.39 is 11.2 Å². The van der Waals surface area contributed by atoms with E-state index in [0.29, 0.717) is 10.2 Å². The SMILES string of the molecule is CC(Cl)C(=O)Nc1cc(F)ccc1Br. The van der Waals surface area contributed by atoms with Crippen LogP contribution in [0.1, 0.15) is 6.92 Å². The number of halogens is 3. The van der Waals surface area contributed by atoms with Crippen molar-refractivity contribution in [3.05, 3.63) is 28.5 Å². The van der Waals surface area contributed by atoms with Crippen LogP contribution in [0.4, 0.5) is 10.1 Å². The average molecular weight is 281 g/mol. The number of benzene rings is 1. The number of carbonyl (C=O) groups excluding carboxylic acids is 1. The molecule has 2 nitrogen and oxygen atoms in total. The molecular formula is C9H8BrClFNO. The number of rotatable bonds is 2. The van der Waals surface area contributed by atoms with E-state index in [9.17, 15) is 9.18 Å². The minimum absolute atomic E-state index is 0.363. The number of carbonyl (C=O) groups is 1. The molecule has 0 saturated heterocycles. The van der Waals surface area contributed by atoms with E-state index in [4.69, 9.17) is 11.6 Å². The van der Waals surface area contributed by atoms with Gasteiger partial charge in [0.1, 0.15) is 11.2 Å². The summed E-state index contributed by atoms with van der Waals surface area (Å²) < 4.78 is 13.4. The third-order valence-corrected chi connectivity index (χ3v) is 2.44. The third kappa shape index (κ3) is 2.96. The van der Waals surface area contributed by atoms with Crippen molar-refractivity contribution in [2.45, 2.75) is 12.3 Å². The molecule has 0 aromatic heterocycles. The van der Waals surface area contributed by atoms with Crippen molar-refractivity contribution in [1.82, 2.24) is 0 Å². The maximum Gasteiger partial charge on any atom is 0.242 e. The first kappa shape index (κ1) is 11.5. The molecule has 0 aliphatic rings. The largest absolute Gasteiger partial charge is 0.324 e. The van der Waals surface area contributed by atoms with Crippen LogP contribution in [-0.2, 0) is 4.79 Å². The van der Waals surface area contributed by atoms with Gasteiger partial charge in [0.2, 0.25) is 5.91 Å². The molecule has 14 heavy (non-hydrogen) atoms. The quantitative estimate of drug-likeness (QED) is 0.829. The lowest BCUT2D eigenvalue weighted by atomic mass is 10.3. The highest BCUT2D eigenvalue weighted by Gasteiger charge is 2.11. The highest BCUT2D eigenvalue weighted by atomic mass is 79.9. The van der Waals surface area contributed by atoms with E-state index in [-0.39, 0.29) is 5.91 Å². The predicted molar refractivity (Wildman–Crippen MR) is 58.0 cm³/mol. The van der Waals surface area contributed by atoms with Crippen molar-refractivity contribution in [2.75, 3.05) is 5.32 Å². The summed E-state index contributed by atoms with van der Waals surface area (Å²) in [4.78, 5) is 11.2. The molecule has 0 radical (unpaired) electrons. The minimum atomic E-state index is -0.648. The van der Waals surface area contributed by atoms with Crippen molar-refractivity contribution in [1.29, 1.82) is 0 Å². The number of alkyl halides is 1. The number of hydrogen-bond donors (Lipinski definition) is 1. The Kier molecular flexibility index (Phi) is 3.89. The Labute approximate surface area is 94.6 Å². The van der Waals surface area contributed by atoms with Gasteiger partial charge in [-0.2, -0.15) is 0 Å². The Bertz CT molecular complexity index is 357. The van der Waals surface area contributed by atoms with Crippen molar-refractivity contribution < 1.29 is 9.18 Å². The van der Waals surface area contributed by atoms with Gasteiger partial charge in [-0.05, 0) is 41.1 Å². The maximum atomic E-state index is 12.8. The van der Waals surface area contributed by atoms with Crippen LogP contribution >= 0.6 is 27.5 Å².